The summed E-state index contributed by atoms with van der Waals surface area (Å²) >= 11 is 5.78. The molecule has 1 aliphatic rings. The Bertz CT molecular complexity index is 336. The Hall–Kier alpha value is -0.760. The molecule has 14 heavy (non-hydrogen) atoms. The minimum Gasteiger partial charge on any atom is -0.370 e. The van der Waals surface area contributed by atoms with Crippen molar-refractivity contribution in [1.29, 1.82) is 0 Å². The molecular weight excluding hydrogens is 196 g/mol. The van der Waals surface area contributed by atoms with E-state index in [2.05, 4.69) is 24.1 Å². The molecule has 1 aliphatic carbocycles. The van der Waals surface area contributed by atoms with Gasteiger partial charge in [-0.05, 0) is 29.9 Å². The Morgan fingerprint density at radius 2 is 2.29 bits per heavy atom. The summed E-state index contributed by atoms with van der Waals surface area (Å²) in [6, 6.07) is 5.64. The van der Waals surface area contributed by atoms with Crippen LogP contribution in [0.15, 0.2) is 18.2 Å². The molecule has 1 atom stereocenters. The van der Waals surface area contributed by atoms with Gasteiger partial charge in [0.05, 0.1) is 0 Å². The number of rotatable bonds is 3. The maximum absolute atomic E-state index is 5.78. The number of pyridine rings is 1. The normalized spacial score (nSPS) is 23.2. The Balaban J connectivity index is 1.87. The zero-order valence-corrected chi connectivity index (χ0v) is 9.30. The van der Waals surface area contributed by atoms with E-state index in [-0.39, 0.29) is 0 Å². The van der Waals surface area contributed by atoms with E-state index in [1.165, 1.54) is 6.42 Å². The van der Waals surface area contributed by atoms with E-state index in [9.17, 15) is 0 Å². The summed E-state index contributed by atoms with van der Waals surface area (Å²) in [6.07, 6.45) is 1.31. The number of aromatic nitrogens is 1. The van der Waals surface area contributed by atoms with E-state index in [0.29, 0.717) is 10.6 Å². The smallest absolute Gasteiger partial charge is 0.131 e. The maximum Gasteiger partial charge on any atom is 0.131 e. The van der Waals surface area contributed by atoms with Crippen LogP contribution in [0.2, 0.25) is 5.15 Å². The van der Waals surface area contributed by atoms with Crippen molar-refractivity contribution in [3.8, 4) is 0 Å². The second-order valence-electron chi connectivity index (χ2n) is 4.62. The highest BCUT2D eigenvalue weighted by Crippen LogP contribution is 2.51. The van der Waals surface area contributed by atoms with Crippen LogP contribution in [-0.2, 0) is 0 Å². The quantitative estimate of drug-likeness (QED) is 0.776. The highest BCUT2D eigenvalue weighted by molar-refractivity contribution is 6.29. The molecule has 0 bridgehead atoms. The van der Waals surface area contributed by atoms with Gasteiger partial charge in [0.2, 0.25) is 0 Å². The number of halogens is 1. The van der Waals surface area contributed by atoms with Crippen LogP contribution < -0.4 is 5.32 Å². The summed E-state index contributed by atoms with van der Waals surface area (Å²) in [5.41, 5.74) is 0.519. The topological polar surface area (TPSA) is 24.9 Å². The number of nitrogens with zero attached hydrogens (tertiary/aromatic N) is 1. The van der Waals surface area contributed by atoms with Crippen LogP contribution in [0.1, 0.15) is 20.3 Å². The summed E-state index contributed by atoms with van der Waals surface area (Å²) in [4.78, 5) is 4.17. The van der Waals surface area contributed by atoms with E-state index in [1.807, 2.05) is 12.1 Å². The lowest BCUT2D eigenvalue weighted by Crippen LogP contribution is -2.08. The van der Waals surface area contributed by atoms with Crippen LogP contribution in [0.25, 0.3) is 0 Å². The first-order valence-corrected chi connectivity index (χ1v) is 5.32. The Morgan fingerprint density at radius 1 is 1.57 bits per heavy atom. The third kappa shape index (κ3) is 2.18. The van der Waals surface area contributed by atoms with E-state index in [4.69, 9.17) is 11.6 Å². The second kappa shape index (κ2) is 3.43. The number of hydrogen-bond donors (Lipinski definition) is 1. The van der Waals surface area contributed by atoms with Gasteiger partial charge in [0.1, 0.15) is 11.0 Å². The molecule has 0 spiro atoms. The SMILES string of the molecule is CC1(C)CC1CNc1cccc(Cl)n1. The van der Waals surface area contributed by atoms with Gasteiger partial charge in [-0.25, -0.2) is 4.98 Å². The second-order valence-corrected chi connectivity index (χ2v) is 5.00. The van der Waals surface area contributed by atoms with E-state index in [0.717, 1.165) is 18.3 Å². The summed E-state index contributed by atoms with van der Waals surface area (Å²) in [5, 5.41) is 3.85. The predicted molar refractivity (Wildman–Crippen MR) is 59.6 cm³/mol. The fourth-order valence-corrected chi connectivity index (χ4v) is 1.82. The molecule has 1 saturated carbocycles. The molecule has 1 aromatic rings. The number of hydrogen-bond acceptors (Lipinski definition) is 2. The van der Waals surface area contributed by atoms with Crippen molar-refractivity contribution in [3.63, 3.8) is 0 Å². The first-order chi connectivity index (χ1) is 6.58. The molecule has 76 valence electrons. The third-order valence-corrected chi connectivity index (χ3v) is 3.17. The van der Waals surface area contributed by atoms with Gasteiger partial charge in [0, 0.05) is 6.54 Å². The van der Waals surface area contributed by atoms with E-state index >= 15 is 0 Å². The van der Waals surface area contributed by atoms with Crippen LogP contribution in [0.4, 0.5) is 5.82 Å². The van der Waals surface area contributed by atoms with Gasteiger partial charge in [-0.3, -0.25) is 0 Å². The van der Waals surface area contributed by atoms with Crippen molar-refractivity contribution in [3.05, 3.63) is 23.4 Å². The van der Waals surface area contributed by atoms with Crippen LogP contribution >= 0.6 is 11.6 Å². The van der Waals surface area contributed by atoms with Crippen molar-refractivity contribution in [2.45, 2.75) is 20.3 Å². The molecule has 3 heteroatoms. The molecule has 0 radical (unpaired) electrons. The number of anilines is 1. The molecule has 0 aliphatic heterocycles. The zero-order valence-electron chi connectivity index (χ0n) is 8.55. The molecule has 1 heterocycles. The Morgan fingerprint density at radius 3 is 2.86 bits per heavy atom. The van der Waals surface area contributed by atoms with Crippen molar-refractivity contribution in [1.82, 2.24) is 4.98 Å². The first-order valence-electron chi connectivity index (χ1n) is 4.94. The summed E-state index contributed by atoms with van der Waals surface area (Å²) < 4.78 is 0. The minimum absolute atomic E-state index is 0.519. The van der Waals surface area contributed by atoms with Crippen LogP contribution in [0.3, 0.4) is 0 Å². The molecule has 0 aromatic carbocycles. The van der Waals surface area contributed by atoms with E-state index < -0.39 is 0 Å². The van der Waals surface area contributed by atoms with Gasteiger partial charge in [-0.15, -0.1) is 0 Å². The standard InChI is InChI=1S/C11H15ClN2/c1-11(2)6-8(11)7-13-10-5-3-4-9(12)14-10/h3-5,8H,6-7H2,1-2H3,(H,13,14). The third-order valence-electron chi connectivity index (χ3n) is 2.96. The Labute approximate surface area is 89.7 Å². The lowest BCUT2D eigenvalue weighted by Gasteiger charge is -2.06. The van der Waals surface area contributed by atoms with Gasteiger partial charge >= 0.3 is 0 Å². The molecule has 1 N–H and O–H groups in total. The average Bonchev–Trinajstić information content (AvgIpc) is 2.71. The summed E-state index contributed by atoms with van der Waals surface area (Å²) in [5.74, 6) is 1.66. The monoisotopic (exact) mass is 210 g/mol. The highest BCUT2D eigenvalue weighted by Gasteiger charge is 2.44. The van der Waals surface area contributed by atoms with E-state index in [1.54, 1.807) is 6.07 Å². The van der Waals surface area contributed by atoms with Gasteiger partial charge in [-0.1, -0.05) is 31.5 Å². The van der Waals surface area contributed by atoms with Gasteiger partial charge < -0.3 is 5.32 Å². The zero-order chi connectivity index (χ0) is 10.2. The fourth-order valence-electron chi connectivity index (χ4n) is 1.66. The van der Waals surface area contributed by atoms with Gasteiger partial charge in [-0.2, -0.15) is 0 Å². The molecule has 1 unspecified atom stereocenters. The Kier molecular flexibility index (Phi) is 2.40. The lowest BCUT2D eigenvalue weighted by molar-refractivity contribution is 0.573. The first kappa shape index (κ1) is 9.78. The molecule has 0 saturated heterocycles. The van der Waals surface area contributed by atoms with Crippen molar-refractivity contribution < 1.29 is 0 Å². The van der Waals surface area contributed by atoms with Gasteiger partial charge in [0.25, 0.3) is 0 Å². The summed E-state index contributed by atoms with van der Waals surface area (Å²) in [7, 11) is 0. The van der Waals surface area contributed by atoms with Gasteiger partial charge in [0.15, 0.2) is 0 Å². The number of nitrogens with one attached hydrogen (secondary N) is 1. The molecule has 1 fully saturated rings. The minimum atomic E-state index is 0.519. The molecule has 0 amide bonds. The maximum atomic E-state index is 5.78. The van der Waals surface area contributed by atoms with Crippen LogP contribution in [0, 0.1) is 11.3 Å². The van der Waals surface area contributed by atoms with Crippen molar-refractivity contribution in [2.24, 2.45) is 11.3 Å². The lowest BCUT2D eigenvalue weighted by atomic mass is 10.1. The molecule has 2 nitrogen and oxygen atoms in total. The van der Waals surface area contributed by atoms with Crippen molar-refractivity contribution >= 4 is 17.4 Å². The highest BCUT2D eigenvalue weighted by atomic mass is 35.5. The largest absolute Gasteiger partial charge is 0.370 e. The predicted octanol–water partition coefficient (Wildman–Crippen LogP) is 3.19. The van der Waals surface area contributed by atoms with Crippen LogP contribution in [-0.4, -0.2) is 11.5 Å². The van der Waals surface area contributed by atoms with Crippen LogP contribution in [0.5, 0.6) is 0 Å². The fraction of sp³-hybridized carbons (Fsp3) is 0.545. The molecule has 2 rings (SSSR count). The average molecular weight is 211 g/mol. The van der Waals surface area contributed by atoms with Crippen molar-refractivity contribution in [2.75, 3.05) is 11.9 Å². The molecule has 1 aromatic heterocycles. The molecular formula is C11H15ClN2. The summed E-state index contributed by atoms with van der Waals surface area (Å²) in [6.45, 7) is 5.59.